The molecule has 3 aliphatic carbocycles. The van der Waals surface area contributed by atoms with Gasteiger partial charge in [-0.1, -0.05) is 19.8 Å². The van der Waals surface area contributed by atoms with E-state index in [1.807, 2.05) is 0 Å². The van der Waals surface area contributed by atoms with Crippen LogP contribution in [0.4, 0.5) is 0 Å². The fraction of sp³-hybridized carbons (Fsp3) is 0.938. The summed E-state index contributed by atoms with van der Waals surface area (Å²) in [5, 5.41) is 3.33. The van der Waals surface area contributed by atoms with Gasteiger partial charge in [0.2, 0.25) is 5.91 Å². The van der Waals surface area contributed by atoms with Crippen molar-refractivity contribution in [3.8, 4) is 0 Å². The van der Waals surface area contributed by atoms with Crippen LogP contribution in [-0.2, 0) is 4.79 Å². The molecule has 3 nitrogen and oxygen atoms in total. The maximum Gasteiger partial charge on any atom is 0.220 e. The summed E-state index contributed by atoms with van der Waals surface area (Å²) in [4.78, 5) is 12.1. The highest BCUT2D eigenvalue weighted by Crippen LogP contribution is 2.58. The van der Waals surface area contributed by atoms with Gasteiger partial charge in [-0.25, -0.2) is 0 Å². The van der Waals surface area contributed by atoms with Gasteiger partial charge in [0, 0.05) is 12.5 Å². The van der Waals surface area contributed by atoms with Gasteiger partial charge >= 0.3 is 0 Å². The van der Waals surface area contributed by atoms with Crippen LogP contribution < -0.4 is 11.1 Å². The molecule has 3 aliphatic rings. The molecule has 2 bridgehead atoms. The molecule has 3 rings (SSSR count). The van der Waals surface area contributed by atoms with Gasteiger partial charge in [0.1, 0.15) is 0 Å². The third-order valence-corrected chi connectivity index (χ3v) is 6.16. The fourth-order valence-electron chi connectivity index (χ4n) is 5.16. The van der Waals surface area contributed by atoms with Crippen LogP contribution >= 0.6 is 0 Å². The molecule has 3 N–H and O–H groups in total. The Bertz CT molecular complexity index is 340. The number of nitrogens with two attached hydrogens (primary N) is 1. The summed E-state index contributed by atoms with van der Waals surface area (Å²) in [5.41, 5.74) is 5.69. The lowest BCUT2D eigenvalue weighted by molar-refractivity contribution is -0.123. The van der Waals surface area contributed by atoms with Gasteiger partial charge in [0.05, 0.1) is 0 Å². The van der Waals surface area contributed by atoms with E-state index in [1.54, 1.807) is 0 Å². The first kappa shape index (κ1) is 13.4. The largest absolute Gasteiger partial charge is 0.353 e. The van der Waals surface area contributed by atoms with Gasteiger partial charge in [0.15, 0.2) is 0 Å². The summed E-state index contributed by atoms with van der Waals surface area (Å²) in [6.07, 6.45) is 8.55. The van der Waals surface area contributed by atoms with Gasteiger partial charge in [-0.3, -0.25) is 4.79 Å². The van der Waals surface area contributed by atoms with Crippen LogP contribution in [0.3, 0.4) is 0 Å². The minimum Gasteiger partial charge on any atom is -0.353 e. The molecule has 0 radical (unpaired) electrons. The maximum absolute atomic E-state index is 12.1. The van der Waals surface area contributed by atoms with Gasteiger partial charge in [-0.2, -0.15) is 0 Å². The van der Waals surface area contributed by atoms with Gasteiger partial charge in [0.25, 0.3) is 0 Å². The lowest BCUT2D eigenvalue weighted by Crippen LogP contribution is -2.43. The molecule has 0 heterocycles. The molecule has 6 atom stereocenters. The number of rotatable bonds is 5. The minimum absolute atomic E-state index is 0.240. The standard InChI is InChI=1S/C16H28N2O/c1-2-10(9-17)6-16(19)18-15-8-11-7-14(15)13-5-3-4-12(11)13/h10-15H,2-9,17H2,1H3,(H,18,19). The average molecular weight is 264 g/mol. The Morgan fingerprint density at radius 2 is 2.05 bits per heavy atom. The topological polar surface area (TPSA) is 55.1 Å². The molecule has 1 amide bonds. The van der Waals surface area contributed by atoms with E-state index < -0.39 is 0 Å². The molecule has 0 saturated heterocycles. The van der Waals surface area contributed by atoms with E-state index >= 15 is 0 Å². The van der Waals surface area contributed by atoms with E-state index in [4.69, 9.17) is 5.73 Å². The smallest absolute Gasteiger partial charge is 0.220 e. The second-order valence-electron chi connectivity index (χ2n) is 7.04. The van der Waals surface area contributed by atoms with E-state index in [9.17, 15) is 4.79 Å². The van der Waals surface area contributed by atoms with Crippen molar-refractivity contribution in [1.29, 1.82) is 0 Å². The van der Waals surface area contributed by atoms with Crippen LogP contribution in [-0.4, -0.2) is 18.5 Å². The van der Waals surface area contributed by atoms with Crippen LogP contribution in [0, 0.1) is 29.6 Å². The van der Waals surface area contributed by atoms with Crippen molar-refractivity contribution in [1.82, 2.24) is 5.32 Å². The van der Waals surface area contributed by atoms with Crippen molar-refractivity contribution in [3.05, 3.63) is 0 Å². The molecule has 108 valence electrons. The SMILES string of the molecule is CCC(CN)CC(=O)NC1CC2CC1C1CCCC21. The number of carbonyl (C=O) groups excluding carboxylic acids is 1. The lowest BCUT2D eigenvalue weighted by atomic mass is 9.79. The number of carbonyl (C=O) groups is 1. The molecule has 0 aromatic heterocycles. The Morgan fingerprint density at radius 1 is 1.26 bits per heavy atom. The number of amides is 1. The third-order valence-electron chi connectivity index (χ3n) is 6.16. The van der Waals surface area contributed by atoms with Gasteiger partial charge in [-0.05, 0) is 61.8 Å². The summed E-state index contributed by atoms with van der Waals surface area (Å²) >= 11 is 0. The predicted octanol–water partition coefficient (Wildman–Crippen LogP) is 2.30. The van der Waals surface area contributed by atoms with Crippen LogP contribution in [0.25, 0.3) is 0 Å². The first-order valence-corrected chi connectivity index (χ1v) is 8.22. The summed E-state index contributed by atoms with van der Waals surface area (Å²) in [5.74, 6) is 4.24. The molecule has 6 unspecified atom stereocenters. The molecule has 0 aromatic carbocycles. The monoisotopic (exact) mass is 264 g/mol. The van der Waals surface area contributed by atoms with Crippen molar-refractivity contribution < 1.29 is 4.79 Å². The zero-order chi connectivity index (χ0) is 13.4. The van der Waals surface area contributed by atoms with Crippen molar-refractivity contribution in [2.24, 2.45) is 35.3 Å². The van der Waals surface area contributed by atoms with Crippen molar-refractivity contribution in [3.63, 3.8) is 0 Å². The number of nitrogens with one attached hydrogen (secondary N) is 1. The minimum atomic E-state index is 0.240. The van der Waals surface area contributed by atoms with E-state index in [-0.39, 0.29) is 5.91 Å². The highest BCUT2D eigenvalue weighted by molar-refractivity contribution is 5.76. The Morgan fingerprint density at radius 3 is 2.79 bits per heavy atom. The lowest BCUT2D eigenvalue weighted by Gasteiger charge is -2.32. The predicted molar refractivity (Wildman–Crippen MR) is 76.4 cm³/mol. The zero-order valence-corrected chi connectivity index (χ0v) is 12.1. The Labute approximate surface area is 116 Å². The first-order valence-electron chi connectivity index (χ1n) is 8.22. The molecule has 0 aromatic rings. The molecule has 0 aliphatic heterocycles. The summed E-state index contributed by atoms with van der Waals surface area (Å²) in [6.45, 7) is 2.75. The van der Waals surface area contributed by atoms with E-state index in [2.05, 4.69) is 12.2 Å². The zero-order valence-electron chi connectivity index (χ0n) is 12.1. The van der Waals surface area contributed by atoms with Crippen molar-refractivity contribution >= 4 is 5.91 Å². The van der Waals surface area contributed by atoms with Crippen molar-refractivity contribution in [2.75, 3.05) is 6.54 Å². The first-order chi connectivity index (χ1) is 9.22. The maximum atomic E-state index is 12.1. The van der Waals surface area contributed by atoms with Crippen LogP contribution in [0.1, 0.15) is 51.9 Å². The number of hydrogen-bond donors (Lipinski definition) is 2. The van der Waals surface area contributed by atoms with Crippen LogP contribution in [0.15, 0.2) is 0 Å². The fourth-order valence-corrected chi connectivity index (χ4v) is 5.16. The van der Waals surface area contributed by atoms with Crippen LogP contribution in [0.2, 0.25) is 0 Å². The molecular formula is C16H28N2O. The molecule has 0 spiro atoms. The summed E-state index contributed by atoms with van der Waals surface area (Å²) < 4.78 is 0. The average Bonchev–Trinajstić information content (AvgIpc) is 3.07. The third kappa shape index (κ3) is 2.42. The van der Waals surface area contributed by atoms with Crippen molar-refractivity contribution in [2.45, 2.75) is 57.9 Å². The summed E-state index contributed by atoms with van der Waals surface area (Å²) in [6, 6.07) is 0.479. The van der Waals surface area contributed by atoms with E-state index in [1.165, 1.54) is 32.1 Å². The van der Waals surface area contributed by atoms with E-state index in [0.29, 0.717) is 24.9 Å². The number of hydrogen-bond acceptors (Lipinski definition) is 2. The molecule has 3 saturated carbocycles. The van der Waals surface area contributed by atoms with Gasteiger partial charge in [-0.15, -0.1) is 0 Å². The van der Waals surface area contributed by atoms with E-state index in [0.717, 1.165) is 30.1 Å². The molecule has 19 heavy (non-hydrogen) atoms. The van der Waals surface area contributed by atoms with Gasteiger partial charge < -0.3 is 11.1 Å². The summed E-state index contributed by atoms with van der Waals surface area (Å²) in [7, 11) is 0. The highest BCUT2D eigenvalue weighted by Gasteiger charge is 2.53. The molecule has 3 fully saturated rings. The quantitative estimate of drug-likeness (QED) is 0.800. The molecular weight excluding hydrogens is 236 g/mol. The second kappa shape index (κ2) is 5.43. The number of fused-ring (bicyclic) bond motifs is 5. The Kier molecular flexibility index (Phi) is 3.84. The second-order valence-corrected chi connectivity index (χ2v) is 7.04. The highest BCUT2D eigenvalue weighted by atomic mass is 16.1. The Hall–Kier alpha value is -0.570. The Balaban J connectivity index is 1.53. The van der Waals surface area contributed by atoms with Crippen LogP contribution in [0.5, 0.6) is 0 Å². The normalized spacial score (nSPS) is 41.3. The molecule has 3 heteroatoms.